The lowest BCUT2D eigenvalue weighted by molar-refractivity contribution is -0.115. The third-order valence-corrected chi connectivity index (χ3v) is 4.61. The molecule has 24 heavy (non-hydrogen) atoms. The fourth-order valence-electron chi connectivity index (χ4n) is 2.82. The van der Waals surface area contributed by atoms with Gasteiger partial charge in [0.25, 0.3) is 11.1 Å². The zero-order valence-corrected chi connectivity index (χ0v) is 14.9. The standard InChI is InChI=1S/C16H19N3O3S.ClH/c1-2-22-12-5-3-4-10(8-13-15(20)18-16(21)23-13)14(12)19-7-6-11(17)9-19;/h3-5,8,11H,2,6-7,9,17H2,1H3,(H,18,20,21);1H. The van der Waals surface area contributed by atoms with Crippen LogP contribution in [0.2, 0.25) is 0 Å². The van der Waals surface area contributed by atoms with E-state index in [1.165, 1.54) is 0 Å². The van der Waals surface area contributed by atoms with Gasteiger partial charge in [-0.2, -0.15) is 0 Å². The van der Waals surface area contributed by atoms with E-state index >= 15 is 0 Å². The van der Waals surface area contributed by atoms with Crippen LogP contribution in [0, 0.1) is 0 Å². The number of ether oxygens (including phenoxy) is 1. The molecular formula is C16H20ClN3O3S. The number of nitrogens with one attached hydrogen (secondary N) is 1. The molecular weight excluding hydrogens is 350 g/mol. The third kappa shape index (κ3) is 3.85. The van der Waals surface area contributed by atoms with Gasteiger partial charge in [-0.1, -0.05) is 12.1 Å². The van der Waals surface area contributed by atoms with Crippen LogP contribution in [-0.4, -0.2) is 36.9 Å². The van der Waals surface area contributed by atoms with E-state index < -0.39 is 0 Å². The van der Waals surface area contributed by atoms with E-state index in [4.69, 9.17) is 10.5 Å². The van der Waals surface area contributed by atoms with Crippen molar-refractivity contribution < 1.29 is 14.3 Å². The van der Waals surface area contributed by atoms with E-state index in [2.05, 4.69) is 10.2 Å². The Morgan fingerprint density at radius 3 is 2.83 bits per heavy atom. The van der Waals surface area contributed by atoms with E-state index in [1.807, 2.05) is 25.1 Å². The zero-order chi connectivity index (χ0) is 16.4. The number of hydrogen-bond acceptors (Lipinski definition) is 6. The monoisotopic (exact) mass is 369 g/mol. The number of nitrogens with zero attached hydrogens (tertiary/aromatic N) is 1. The lowest BCUT2D eigenvalue weighted by Gasteiger charge is -2.24. The number of thioether (sulfide) groups is 1. The van der Waals surface area contributed by atoms with Gasteiger partial charge in [0.05, 0.1) is 17.2 Å². The van der Waals surface area contributed by atoms with Gasteiger partial charge in [0.1, 0.15) is 5.75 Å². The first-order valence-electron chi connectivity index (χ1n) is 7.59. The number of rotatable bonds is 4. The van der Waals surface area contributed by atoms with Crippen molar-refractivity contribution in [3.05, 3.63) is 28.7 Å². The van der Waals surface area contributed by atoms with Crippen LogP contribution >= 0.6 is 24.2 Å². The number of imide groups is 1. The molecule has 1 aromatic rings. The van der Waals surface area contributed by atoms with Crippen LogP contribution in [0.4, 0.5) is 10.5 Å². The van der Waals surface area contributed by atoms with E-state index in [9.17, 15) is 9.59 Å². The summed E-state index contributed by atoms with van der Waals surface area (Å²) in [6.45, 7) is 4.09. The molecule has 2 saturated heterocycles. The molecule has 0 saturated carbocycles. The van der Waals surface area contributed by atoms with Crippen molar-refractivity contribution in [2.75, 3.05) is 24.6 Å². The van der Waals surface area contributed by atoms with Crippen molar-refractivity contribution in [2.45, 2.75) is 19.4 Å². The molecule has 2 heterocycles. The Kier molecular flexibility index (Phi) is 6.15. The van der Waals surface area contributed by atoms with Gasteiger partial charge in [0.15, 0.2) is 0 Å². The smallest absolute Gasteiger partial charge is 0.290 e. The highest BCUT2D eigenvalue weighted by molar-refractivity contribution is 8.18. The van der Waals surface area contributed by atoms with Gasteiger partial charge >= 0.3 is 0 Å². The van der Waals surface area contributed by atoms with Crippen LogP contribution < -0.4 is 20.7 Å². The minimum Gasteiger partial charge on any atom is -0.492 e. The average molecular weight is 370 g/mol. The summed E-state index contributed by atoms with van der Waals surface area (Å²) >= 11 is 0.917. The summed E-state index contributed by atoms with van der Waals surface area (Å²) in [6.07, 6.45) is 2.66. The number of carbonyl (C=O) groups is 2. The normalized spacial score (nSPS) is 21.8. The first-order valence-corrected chi connectivity index (χ1v) is 8.41. The van der Waals surface area contributed by atoms with Crippen molar-refractivity contribution in [1.29, 1.82) is 0 Å². The summed E-state index contributed by atoms with van der Waals surface area (Å²) in [5.74, 6) is 0.413. The van der Waals surface area contributed by atoms with Crippen LogP contribution in [0.15, 0.2) is 23.1 Å². The number of nitrogens with two attached hydrogens (primary N) is 1. The van der Waals surface area contributed by atoms with Crippen LogP contribution in [0.3, 0.4) is 0 Å². The number of para-hydroxylation sites is 1. The first kappa shape index (κ1) is 18.6. The molecule has 2 aliphatic rings. The fourth-order valence-corrected chi connectivity index (χ4v) is 3.49. The Bertz CT molecular complexity index is 681. The maximum Gasteiger partial charge on any atom is 0.290 e. The second-order valence-corrected chi connectivity index (χ2v) is 6.49. The van der Waals surface area contributed by atoms with Gasteiger partial charge in [0, 0.05) is 24.7 Å². The lowest BCUT2D eigenvalue weighted by Crippen LogP contribution is -2.27. The molecule has 1 atom stereocenters. The molecule has 3 N–H and O–H groups in total. The number of anilines is 1. The SMILES string of the molecule is CCOc1cccc(C=C2SC(=O)NC2=O)c1N1CCC(N)C1.Cl. The Morgan fingerprint density at radius 1 is 1.46 bits per heavy atom. The van der Waals surface area contributed by atoms with Crippen LogP contribution in [0.5, 0.6) is 5.75 Å². The van der Waals surface area contributed by atoms with Gasteiger partial charge in [-0.25, -0.2) is 0 Å². The Morgan fingerprint density at radius 2 is 2.25 bits per heavy atom. The average Bonchev–Trinajstić information content (AvgIpc) is 3.06. The maximum absolute atomic E-state index is 11.8. The largest absolute Gasteiger partial charge is 0.492 e. The molecule has 2 aliphatic heterocycles. The Hall–Kier alpha value is -1.70. The molecule has 0 bridgehead atoms. The molecule has 0 spiro atoms. The molecule has 3 rings (SSSR count). The minimum absolute atomic E-state index is 0. The second-order valence-electron chi connectivity index (χ2n) is 5.47. The Balaban J connectivity index is 0.00000208. The van der Waals surface area contributed by atoms with Crippen molar-refractivity contribution >= 4 is 47.1 Å². The minimum atomic E-state index is -0.356. The quantitative estimate of drug-likeness (QED) is 0.792. The number of halogens is 1. The predicted octanol–water partition coefficient (Wildman–Crippen LogP) is 2.37. The highest BCUT2D eigenvalue weighted by atomic mass is 35.5. The summed E-state index contributed by atoms with van der Waals surface area (Å²) in [5.41, 5.74) is 7.82. The van der Waals surface area contributed by atoms with Gasteiger partial charge in [-0.3, -0.25) is 14.9 Å². The molecule has 0 aliphatic carbocycles. The summed E-state index contributed by atoms with van der Waals surface area (Å²) in [5, 5.41) is 1.93. The molecule has 1 unspecified atom stereocenters. The summed E-state index contributed by atoms with van der Waals surface area (Å²) in [6, 6.07) is 5.86. The molecule has 130 valence electrons. The number of amides is 2. The van der Waals surface area contributed by atoms with Gasteiger partial charge in [0.2, 0.25) is 0 Å². The van der Waals surface area contributed by atoms with Crippen LogP contribution in [-0.2, 0) is 4.79 Å². The van der Waals surface area contributed by atoms with E-state index in [1.54, 1.807) is 6.08 Å². The highest BCUT2D eigenvalue weighted by Crippen LogP contribution is 2.37. The van der Waals surface area contributed by atoms with Crippen LogP contribution in [0.25, 0.3) is 6.08 Å². The van der Waals surface area contributed by atoms with Crippen molar-refractivity contribution in [3.8, 4) is 5.75 Å². The van der Waals surface area contributed by atoms with E-state index in [0.29, 0.717) is 11.5 Å². The lowest BCUT2D eigenvalue weighted by atomic mass is 10.1. The van der Waals surface area contributed by atoms with E-state index in [-0.39, 0.29) is 29.6 Å². The highest BCUT2D eigenvalue weighted by Gasteiger charge is 2.28. The van der Waals surface area contributed by atoms with Crippen molar-refractivity contribution in [3.63, 3.8) is 0 Å². The molecule has 0 radical (unpaired) electrons. The molecule has 1 aromatic carbocycles. The van der Waals surface area contributed by atoms with Gasteiger partial charge < -0.3 is 15.4 Å². The van der Waals surface area contributed by atoms with Crippen molar-refractivity contribution in [1.82, 2.24) is 5.32 Å². The fraction of sp³-hybridized carbons (Fsp3) is 0.375. The topological polar surface area (TPSA) is 84.7 Å². The molecule has 6 nitrogen and oxygen atoms in total. The van der Waals surface area contributed by atoms with Gasteiger partial charge in [-0.05, 0) is 37.2 Å². The van der Waals surface area contributed by atoms with Crippen molar-refractivity contribution in [2.24, 2.45) is 5.73 Å². The Labute approximate surface area is 151 Å². The zero-order valence-electron chi connectivity index (χ0n) is 13.3. The summed E-state index contributed by atoms with van der Waals surface area (Å²) in [7, 11) is 0. The molecule has 2 amide bonds. The number of carbonyl (C=O) groups excluding carboxylic acids is 2. The molecule has 8 heteroatoms. The second kappa shape index (κ2) is 7.92. The predicted molar refractivity (Wildman–Crippen MR) is 98.8 cm³/mol. The molecule has 0 aromatic heterocycles. The number of hydrogen-bond donors (Lipinski definition) is 2. The summed E-state index contributed by atoms with van der Waals surface area (Å²) in [4.78, 5) is 25.7. The number of benzene rings is 1. The summed E-state index contributed by atoms with van der Waals surface area (Å²) < 4.78 is 5.75. The maximum atomic E-state index is 11.8. The van der Waals surface area contributed by atoms with Gasteiger partial charge in [-0.15, -0.1) is 12.4 Å². The van der Waals surface area contributed by atoms with E-state index in [0.717, 1.165) is 48.3 Å². The first-order chi connectivity index (χ1) is 11.1. The third-order valence-electron chi connectivity index (χ3n) is 3.80. The van der Waals surface area contributed by atoms with Crippen LogP contribution in [0.1, 0.15) is 18.9 Å². The molecule has 2 fully saturated rings.